The van der Waals surface area contributed by atoms with Gasteiger partial charge in [-0.15, -0.1) is 5.10 Å². The molecule has 0 aromatic heterocycles. The van der Waals surface area contributed by atoms with Gasteiger partial charge in [-0.25, -0.2) is 0 Å². The topological polar surface area (TPSA) is 76.8 Å². The summed E-state index contributed by atoms with van der Waals surface area (Å²) in [4.78, 5) is 0. The Labute approximate surface area is 100.0 Å². The highest BCUT2D eigenvalue weighted by Crippen LogP contribution is 2.24. The third kappa shape index (κ3) is 3.24. The first kappa shape index (κ1) is 12.5. The van der Waals surface area contributed by atoms with Crippen LogP contribution in [0.2, 0.25) is 5.02 Å². The SMILES string of the molecule is CC(C)c1cccc(Cl)c1/C=N/N=C(N)N. The van der Waals surface area contributed by atoms with Crippen molar-refractivity contribution in [1.29, 1.82) is 0 Å². The molecule has 0 aliphatic heterocycles. The van der Waals surface area contributed by atoms with Crippen LogP contribution in [0, 0.1) is 0 Å². The molecule has 16 heavy (non-hydrogen) atoms. The van der Waals surface area contributed by atoms with Crippen LogP contribution < -0.4 is 11.5 Å². The molecule has 0 heterocycles. The average Bonchev–Trinajstić information content (AvgIpc) is 2.19. The van der Waals surface area contributed by atoms with Crippen LogP contribution in [0.15, 0.2) is 28.4 Å². The average molecular weight is 239 g/mol. The van der Waals surface area contributed by atoms with E-state index in [-0.39, 0.29) is 5.96 Å². The first-order chi connectivity index (χ1) is 7.52. The molecule has 0 saturated carbocycles. The van der Waals surface area contributed by atoms with E-state index < -0.39 is 0 Å². The second-order valence-electron chi connectivity index (χ2n) is 3.67. The molecule has 0 atom stereocenters. The number of hydrogen-bond acceptors (Lipinski definition) is 2. The van der Waals surface area contributed by atoms with E-state index in [1.54, 1.807) is 6.21 Å². The van der Waals surface area contributed by atoms with E-state index in [4.69, 9.17) is 23.1 Å². The zero-order chi connectivity index (χ0) is 12.1. The molecule has 1 aromatic carbocycles. The molecule has 86 valence electrons. The fourth-order valence-electron chi connectivity index (χ4n) is 1.35. The molecule has 0 saturated heterocycles. The smallest absolute Gasteiger partial charge is 0.211 e. The number of rotatable bonds is 3. The first-order valence-corrected chi connectivity index (χ1v) is 5.30. The van der Waals surface area contributed by atoms with E-state index in [0.29, 0.717) is 10.9 Å². The van der Waals surface area contributed by atoms with Crippen molar-refractivity contribution >= 4 is 23.8 Å². The van der Waals surface area contributed by atoms with Gasteiger partial charge in [-0.2, -0.15) is 5.10 Å². The van der Waals surface area contributed by atoms with E-state index >= 15 is 0 Å². The normalized spacial score (nSPS) is 11.0. The van der Waals surface area contributed by atoms with Crippen molar-refractivity contribution < 1.29 is 0 Å². The highest BCUT2D eigenvalue weighted by atomic mass is 35.5. The summed E-state index contributed by atoms with van der Waals surface area (Å²) in [6.07, 6.45) is 1.57. The zero-order valence-corrected chi connectivity index (χ0v) is 10.1. The first-order valence-electron chi connectivity index (χ1n) is 4.92. The highest BCUT2D eigenvalue weighted by molar-refractivity contribution is 6.33. The van der Waals surface area contributed by atoms with Crippen LogP contribution in [0.3, 0.4) is 0 Å². The Morgan fingerprint density at radius 2 is 2.06 bits per heavy atom. The highest BCUT2D eigenvalue weighted by Gasteiger charge is 2.07. The number of guanidine groups is 1. The molecule has 0 fully saturated rings. The Morgan fingerprint density at radius 1 is 1.38 bits per heavy atom. The van der Waals surface area contributed by atoms with Gasteiger partial charge in [-0.1, -0.05) is 37.6 Å². The van der Waals surface area contributed by atoms with Crippen molar-refractivity contribution in [2.75, 3.05) is 0 Å². The lowest BCUT2D eigenvalue weighted by Crippen LogP contribution is -2.21. The van der Waals surface area contributed by atoms with Crippen LogP contribution in [-0.2, 0) is 0 Å². The Hall–Kier alpha value is -1.55. The molecular formula is C11H15ClN4. The maximum Gasteiger partial charge on any atom is 0.211 e. The summed E-state index contributed by atoms with van der Waals surface area (Å²) in [5.41, 5.74) is 12.3. The summed E-state index contributed by atoms with van der Waals surface area (Å²) in [7, 11) is 0. The quantitative estimate of drug-likeness (QED) is 0.481. The number of benzene rings is 1. The predicted octanol–water partition coefficient (Wildman–Crippen LogP) is 2.07. The van der Waals surface area contributed by atoms with Crippen molar-refractivity contribution in [2.24, 2.45) is 21.7 Å². The van der Waals surface area contributed by atoms with Crippen LogP contribution >= 0.6 is 11.6 Å². The van der Waals surface area contributed by atoms with Crippen molar-refractivity contribution in [3.63, 3.8) is 0 Å². The standard InChI is InChI=1S/C11H15ClN4/c1-7(2)8-4-3-5-10(12)9(8)6-15-16-11(13)14/h3-7H,1-2H3,(H4,13,14,16)/b15-6+. The molecule has 0 aliphatic rings. The minimum Gasteiger partial charge on any atom is -0.369 e. The van der Waals surface area contributed by atoms with E-state index in [1.165, 1.54) is 0 Å². The van der Waals surface area contributed by atoms with Crippen molar-refractivity contribution in [3.05, 3.63) is 34.3 Å². The number of halogens is 1. The predicted molar refractivity (Wildman–Crippen MR) is 68.9 cm³/mol. The molecule has 1 aromatic rings. The molecule has 0 spiro atoms. The molecule has 4 N–H and O–H groups in total. The van der Waals surface area contributed by atoms with Gasteiger partial charge in [-0.3, -0.25) is 0 Å². The van der Waals surface area contributed by atoms with Crippen LogP contribution in [0.1, 0.15) is 30.9 Å². The van der Waals surface area contributed by atoms with E-state index in [2.05, 4.69) is 24.1 Å². The molecule has 0 unspecified atom stereocenters. The second kappa shape index (κ2) is 5.51. The van der Waals surface area contributed by atoms with Crippen LogP contribution in [0.4, 0.5) is 0 Å². The van der Waals surface area contributed by atoms with Gasteiger partial charge in [0.15, 0.2) is 0 Å². The lowest BCUT2D eigenvalue weighted by atomic mass is 9.98. The Morgan fingerprint density at radius 3 is 2.62 bits per heavy atom. The number of nitrogens with zero attached hydrogens (tertiary/aromatic N) is 2. The Bertz CT molecular complexity index is 420. The molecule has 0 bridgehead atoms. The monoisotopic (exact) mass is 238 g/mol. The minimum atomic E-state index is -0.0746. The van der Waals surface area contributed by atoms with E-state index in [0.717, 1.165) is 11.1 Å². The summed E-state index contributed by atoms with van der Waals surface area (Å²) in [5, 5.41) is 7.96. The van der Waals surface area contributed by atoms with Gasteiger partial charge >= 0.3 is 0 Å². The molecule has 4 nitrogen and oxygen atoms in total. The molecule has 5 heteroatoms. The van der Waals surface area contributed by atoms with Gasteiger partial charge in [-0.05, 0) is 17.5 Å². The largest absolute Gasteiger partial charge is 0.369 e. The summed E-state index contributed by atoms with van der Waals surface area (Å²) in [6.45, 7) is 4.17. The summed E-state index contributed by atoms with van der Waals surface area (Å²) >= 11 is 6.09. The van der Waals surface area contributed by atoms with Crippen LogP contribution in [0.25, 0.3) is 0 Å². The Kier molecular flexibility index (Phi) is 4.31. The number of nitrogens with two attached hydrogens (primary N) is 2. The third-order valence-electron chi connectivity index (χ3n) is 2.07. The van der Waals surface area contributed by atoms with Gasteiger partial charge < -0.3 is 11.5 Å². The van der Waals surface area contributed by atoms with Crippen LogP contribution in [0.5, 0.6) is 0 Å². The van der Waals surface area contributed by atoms with Gasteiger partial charge in [0.1, 0.15) is 0 Å². The number of hydrogen-bond donors (Lipinski definition) is 2. The van der Waals surface area contributed by atoms with Gasteiger partial charge in [0.05, 0.1) is 6.21 Å². The summed E-state index contributed by atoms with van der Waals surface area (Å²) in [6, 6.07) is 5.73. The lowest BCUT2D eigenvalue weighted by molar-refractivity contribution is 0.864. The fourth-order valence-corrected chi connectivity index (χ4v) is 1.58. The van der Waals surface area contributed by atoms with Crippen molar-refractivity contribution in [3.8, 4) is 0 Å². The fraction of sp³-hybridized carbons (Fsp3) is 0.273. The van der Waals surface area contributed by atoms with Crippen molar-refractivity contribution in [2.45, 2.75) is 19.8 Å². The maximum absolute atomic E-state index is 6.09. The third-order valence-corrected chi connectivity index (χ3v) is 2.40. The van der Waals surface area contributed by atoms with E-state index in [1.807, 2.05) is 18.2 Å². The van der Waals surface area contributed by atoms with Crippen LogP contribution in [-0.4, -0.2) is 12.2 Å². The van der Waals surface area contributed by atoms with Gasteiger partial charge in [0.25, 0.3) is 0 Å². The molecule has 1 rings (SSSR count). The summed E-state index contributed by atoms with van der Waals surface area (Å²) in [5.74, 6) is 0.286. The van der Waals surface area contributed by atoms with E-state index in [9.17, 15) is 0 Å². The lowest BCUT2D eigenvalue weighted by Gasteiger charge is -2.10. The molecular weight excluding hydrogens is 224 g/mol. The van der Waals surface area contributed by atoms with Gasteiger partial charge in [0.2, 0.25) is 5.96 Å². The maximum atomic E-state index is 6.09. The summed E-state index contributed by atoms with van der Waals surface area (Å²) < 4.78 is 0. The Balaban J connectivity index is 3.11. The van der Waals surface area contributed by atoms with Gasteiger partial charge in [0, 0.05) is 10.6 Å². The second-order valence-corrected chi connectivity index (χ2v) is 4.07. The molecule has 0 aliphatic carbocycles. The molecule has 0 amide bonds. The molecule has 0 radical (unpaired) electrons. The zero-order valence-electron chi connectivity index (χ0n) is 9.31. The van der Waals surface area contributed by atoms with Crippen molar-refractivity contribution in [1.82, 2.24) is 0 Å². The minimum absolute atomic E-state index is 0.0746.